The summed E-state index contributed by atoms with van der Waals surface area (Å²) in [6.45, 7) is 13.9. The Hall–Kier alpha value is -0.980. The minimum Gasteiger partial charge on any atom is -0.508 e. The molecule has 0 saturated heterocycles. The first-order chi connectivity index (χ1) is 11.1. The summed E-state index contributed by atoms with van der Waals surface area (Å²) < 4.78 is 0. The Morgan fingerprint density at radius 1 is 0.750 bits per heavy atom. The third-order valence-corrected chi connectivity index (χ3v) is 5.21. The number of benzene rings is 1. The van der Waals surface area contributed by atoms with E-state index in [1.165, 1.54) is 56.1 Å². The third-order valence-electron chi connectivity index (χ3n) is 5.21. The zero-order chi connectivity index (χ0) is 18.2. The SMILES string of the molecule is CCC(C)(C)CCCCc1cc(O)cc(CCCCC(C)(C)C)c1. The number of phenolic OH excluding ortho intramolecular Hbond substituents is 1. The molecule has 0 unspecified atom stereocenters. The molecule has 0 fully saturated rings. The van der Waals surface area contributed by atoms with Gasteiger partial charge in [0.1, 0.15) is 5.75 Å². The molecule has 0 atom stereocenters. The van der Waals surface area contributed by atoms with Crippen LogP contribution in [-0.2, 0) is 12.8 Å². The van der Waals surface area contributed by atoms with Crippen molar-refractivity contribution in [3.05, 3.63) is 29.3 Å². The Morgan fingerprint density at radius 2 is 1.25 bits per heavy atom. The van der Waals surface area contributed by atoms with Crippen molar-refractivity contribution in [1.29, 1.82) is 0 Å². The van der Waals surface area contributed by atoms with E-state index in [2.05, 4.69) is 47.6 Å². The van der Waals surface area contributed by atoms with Crippen LogP contribution in [0.25, 0.3) is 0 Å². The minimum absolute atomic E-state index is 0.427. The highest BCUT2D eigenvalue weighted by molar-refractivity contribution is 5.33. The summed E-state index contributed by atoms with van der Waals surface area (Å²) in [5, 5.41) is 10.0. The zero-order valence-electron chi connectivity index (χ0n) is 17.0. The summed E-state index contributed by atoms with van der Waals surface area (Å²) in [7, 11) is 0. The monoisotopic (exact) mass is 332 g/mol. The standard InChI is InChI=1S/C23H40O/c1-7-23(5,6)15-11-9-13-20-16-19(17-21(24)18-20)12-8-10-14-22(2,3)4/h16-18,24H,7-15H2,1-6H3. The van der Waals surface area contributed by atoms with Gasteiger partial charge in [0.25, 0.3) is 0 Å². The summed E-state index contributed by atoms with van der Waals surface area (Å²) in [4.78, 5) is 0. The van der Waals surface area contributed by atoms with Gasteiger partial charge in [-0.05, 0) is 72.6 Å². The van der Waals surface area contributed by atoms with Crippen molar-refractivity contribution in [2.75, 3.05) is 0 Å². The number of aryl methyl sites for hydroxylation is 2. The van der Waals surface area contributed by atoms with Crippen LogP contribution in [0.15, 0.2) is 18.2 Å². The summed E-state index contributed by atoms with van der Waals surface area (Å²) in [6, 6.07) is 6.20. The maximum atomic E-state index is 10.0. The predicted octanol–water partition coefficient (Wildman–Crippen LogP) is 7.30. The van der Waals surface area contributed by atoms with Crippen molar-refractivity contribution in [1.82, 2.24) is 0 Å². The second kappa shape index (κ2) is 9.49. The zero-order valence-corrected chi connectivity index (χ0v) is 17.0. The second-order valence-electron chi connectivity index (χ2n) is 9.50. The molecule has 1 nitrogen and oxygen atoms in total. The van der Waals surface area contributed by atoms with Crippen LogP contribution in [0.2, 0.25) is 0 Å². The van der Waals surface area contributed by atoms with Crippen LogP contribution in [0.3, 0.4) is 0 Å². The first-order valence-electron chi connectivity index (χ1n) is 9.93. The molecule has 1 N–H and O–H groups in total. The average Bonchev–Trinajstić information content (AvgIpc) is 2.47. The molecule has 1 aromatic rings. The molecule has 0 bridgehead atoms. The molecule has 24 heavy (non-hydrogen) atoms. The van der Waals surface area contributed by atoms with Gasteiger partial charge in [-0.3, -0.25) is 0 Å². The normalized spacial score (nSPS) is 12.6. The van der Waals surface area contributed by atoms with E-state index in [0.717, 1.165) is 12.8 Å². The van der Waals surface area contributed by atoms with Crippen LogP contribution in [0.5, 0.6) is 5.75 Å². The maximum Gasteiger partial charge on any atom is 0.116 e. The van der Waals surface area contributed by atoms with Crippen LogP contribution in [0, 0.1) is 10.8 Å². The highest BCUT2D eigenvalue weighted by Gasteiger charge is 2.14. The van der Waals surface area contributed by atoms with E-state index >= 15 is 0 Å². The van der Waals surface area contributed by atoms with Gasteiger partial charge in [0, 0.05) is 0 Å². The fraction of sp³-hybridized carbons (Fsp3) is 0.739. The molecule has 1 rings (SSSR count). The molecule has 1 aromatic carbocycles. The molecule has 0 aliphatic rings. The van der Waals surface area contributed by atoms with Crippen molar-refractivity contribution in [2.24, 2.45) is 10.8 Å². The third kappa shape index (κ3) is 9.35. The smallest absolute Gasteiger partial charge is 0.116 e. The number of rotatable bonds is 10. The lowest BCUT2D eigenvalue weighted by atomic mass is 9.84. The Balaban J connectivity index is 2.42. The van der Waals surface area contributed by atoms with E-state index in [4.69, 9.17) is 0 Å². The van der Waals surface area contributed by atoms with E-state index in [0.29, 0.717) is 16.6 Å². The second-order valence-corrected chi connectivity index (χ2v) is 9.50. The van der Waals surface area contributed by atoms with Crippen molar-refractivity contribution in [3.8, 4) is 5.75 Å². The number of hydrogen-bond donors (Lipinski definition) is 1. The number of hydrogen-bond acceptors (Lipinski definition) is 1. The number of phenols is 1. The van der Waals surface area contributed by atoms with Gasteiger partial charge in [0.05, 0.1) is 0 Å². The molecular formula is C23H40O. The van der Waals surface area contributed by atoms with Gasteiger partial charge in [-0.2, -0.15) is 0 Å². The van der Waals surface area contributed by atoms with Gasteiger partial charge >= 0.3 is 0 Å². The van der Waals surface area contributed by atoms with Gasteiger partial charge < -0.3 is 5.11 Å². The van der Waals surface area contributed by atoms with E-state index in [1.807, 2.05) is 12.1 Å². The van der Waals surface area contributed by atoms with Gasteiger partial charge in [-0.15, -0.1) is 0 Å². The fourth-order valence-electron chi connectivity index (χ4n) is 3.13. The van der Waals surface area contributed by atoms with Crippen LogP contribution in [-0.4, -0.2) is 5.11 Å². The molecule has 0 aliphatic carbocycles. The van der Waals surface area contributed by atoms with Crippen LogP contribution in [0.4, 0.5) is 0 Å². The highest BCUT2D eigenvalue weighted by atomic mass is 16.3. The summed E-state index contributed by atoms with van der Waals surface area (Å²) >= 11 is 0. The fourth-order valence-corrected chi connectivity index (χ4v) is 3.13. The molecule has 0 radical (unpaired) electrons. The van der Waals surface area contributed by atoms with E-state index in [-0.39, 0.29) is 0 Å². The molecular weight excluding hydrogens is 292 g/mol. The van der Waals surface area contributed by atoms with Gasteiger partial charge in [0.15, 0.2) is 0 Å². The Bertz CT molecular complexity index is 479. The first kappa shape index (κ1) is 21.1. The maximum absolute atomic E-state index is 10.0. The molecule has 0 spiro atoms. The minimum atomic E-state index is 0.427. The van der Waals surface area contributed by atoms with E-state index in [1.54, 1.807) is 0 Å². The van der Waals surface area contributed by atoms with Crippen molar-refractivity contribution >= 4 is 0 Å². The van der Waals surface area contributed by atoms with Gasteiger partial charge in [0.2, 0.25) is 0 Å². The number of aromatic hydroxyl groups is 1. The van der Waals surface area contributed by atoms with Crippen molar-refractivity contribution < 1.29 is 5.11 Å². The highest BCUT2D eigenvalue weighted by Crippen LogP contribution is 2.28. The van der Waals surface area contributed by atoms with Gasteiger partial charge in [-0.25, -0.2) is 0 Å². The number of unbranched alkanes of at least 4 members (excludes halogenated alkanes) is 2. The van der Waals surface area contributed by atoms with Crippen LogP contribution in [0.1, 0.15) is 97.6 Å². The quantitative estimate of drug-likeness (QED) is 0.446. The van der Waals surface area contributed by atoms with E-state index in [9.17, 15) is 5.11 Å². The predicted molar refractivity (Wildman–Crippen MR) is 107 cm³/mol. The molecule has 0 saturated carbocycles. The molecule has 0 aromatic heterocycles. The summed E-state index contributed by atoms with van der Waals surface area (Å²) in [5.41, 5.74) is 3.50. The topological polar surface area (TPSA) is 20.2 Å². The summed E-state index contributed by atoms with van der Waals surface area (Å²) in [6.07, 6.45) is 11.0. The lowest BCUT2D eigenvalue weighted by Crippen LogP contribution is -2.09. The molecule has 1 heteroatoms. The molecule has 0 amide bonds. The van der Waals surface area contributed by atoms with Crippen LogP contribution < -0.4 is 0 Å². The lowest BCUT2D eigenvalue weighted by Gasteiger charge is -2.22. The molecule has 0 heterocycles. The first-order valence-corrected chi connectivity index (χ1v) is 9.93. The largest absolute Gasteiger partial charge is 0.508 e. The lowest BCUT2D eigenvalue weighted by molar-refractivity contribution is 0.309. The Morgan fingerprint density at radius 3 is 1.71 bits per heavy atom. The van der Waals surface area contributed by atoms with Crippen LogP contribution >= 0.6 is 0 Å². The Labute approximate surface area is 150 Å². The van der Waals surface area contributed by atoms with Gasteiger partial charge in [-0.1, -0.05) is 66.9 Å². The Kier molecular flexibility index (Phi) is 8.33. The average molecular weight is 333 g/mol. The van der Waals surface area contributed by atoms with Crippen molar-refractivity contribution in [2.45, 2.75) is 99.3 Å². The van der Waals surface area contributed by atoms with E-state index < -0.39 is 0 Å². The van der Waals surface area contributed by atoms with Crippen molar-refractivity contribution in [3.63, 3.8) is 0 Å². The summed E-state index contributed by atoms with van der Waals surface area (Å²) in [5.74, 6) is 0.437. The molecule has 0 aliphatic heterocycles. The molecule has 138 valence electrons.